The molecule has 0 fully saturated rings. The third-order valence-electron chi connectivity index (χ3n) is 1.31. The van der Waals surface area contributed by atoms with Crippen LogP contribution >= 0.6 is 0 Å². The summed E-state index contributed by atoms with van der Waals surface area (Å²) in [5.74, 6) is 0. The van der Waals surface area contributed by atoms with Gasteiger partial charge in [-0.2, -0.15) is 0 Å². The molecule has 1 atom stereocenters. The summed E-state index contributed by atoms with van der Waals surface area (Å²) in [4.78, 5) is 0. The summed E-state index contributed by atoms with van der Waals surface area (Å²) in [6, 6.07) is 0.347. The molecule has 48 valence electrons. The van der Waals surface area contributed by atoms with Crippen molar-refractivity contribution < 1.29 is 0 Å². The molecule has 3 N–H and O–H groups in total. The van der Waals surface area contributed by atoms with Crippen molar-refractivity contribution in [2.75, 3.05) is 13.6 Å². The normalized spacial score (nSPS) is 13.4. The van der Waals surface area contributed by atoms with Crippen molar-refractivity contribution in [1.82, 2.24) is 5.32 Å². The molecule has 0 saturated heterocycles. The molecule has 8 heavy (non-hydrogen) atoms. The van der Waals surface area contributed by atoms with Gasteiger partial charge in [0.2, 0.25) is 0 Å². The van der Waals surface area contributed by atoms with Gasteiger partial charge in [-0.1, -0.05) is 6.58 Å². The average molecular weight is 114 g/mol. The molecule has 0 aliphatic rings. The lowest BCUT2D eigenvalue weighted by Crippen LogP contribution is -2.26. The fourth-order valence-corrected chi connectivity index (χ4v) is 0.381. The molecule has 0 bridgehead atoms. The fourth-order valence-electron chi connectivity index (χ4n) is 0.381. The van der Waals surface area contributed by atoms with Crippen molar-refractivity contribution in [1.29, 1.82) is 0 Å². The SMILES string of the molecule is C=C(CN)C(C)NC. The summed E-state index contributed by atoms with van der Waals surface area (Å²) >= 11 is 0. The molecule has 0 rings (SSSR count). The van der Waals surface area contributed by atoms with Crippen LogP contribution in [-0.4, -0.2) is 19.6 Å². The second kappa shape index (κ2) is 3.64. The van der Waals surface area contributed by atoms with E-state index in [2.05, 4.69) is 11.9 Å². The standard InChI is InChI=1S/C6H14N2/c1-5(4-7)6(2)8-3/h6,8H,1,4,7H2,2-3H3. The van der Waals surface area contributed by atoms with Crippen LogP contribution in [0.25, 0.3) is 0 Å². The predicted molar refractivity (Wildman–Crippen MR) is 36.7 cm³/mol. The van der Waals surface area contributed by atoms with Crippen LogP contribution in [-0.2, 0) is 0 Å². The lowest BCUT2D eigenvalue weighted by atomic mass is 10.1. The van der Waals surface area contributed by atoms with Crippen LogP contribution < -0.4 is 11.1 Å². The zero-order valence-electron chi connectivity index (χ0n) is 5.57. The Morgan fingerprint density at radius 1 is 1.88 bits per heavy atom. The highest BCUT2D eigenvalue weighted by molar-refractivity contribution is 5.04. The van der Waals surface area contributed by atoms with Gasteiger partial charge in [-0.05, 0) is 19.5 Å². The third-order valence-corrected chi connectivity index (χ3v) is 1.31. The van der Waals surface area contributed by atoms with Gasteiger partial charge in [0.1, 0.15) is 0 Å². The van der Waals surface area contributed by atoms with Gasteiger partial charge in [0.15, 0.2) is 0 Å². The van der Waals surface area contributed by atoms with Crippen molar-refractivity contribution >= 4 is 0 Å². The van der Waals surface area contributed by atoms with Gasteiger partial charge < -0.3 is 11.1 Å². The van der Waals surface area contributed by atoms with Gasteiger partial charge in [0, 0.05) is 12.6 Å². The van der Waals surface area contributed by atoms with Crippen LogP contribution in [0.3, 0.4) is 0 Å². The number of nitrogens with two attached hydrogens (primary N) is 1. The molecule has 0 aliphatic heterocycles. The molecule has 2 heteroatoms. The fraction of sp³-hybridized carbons (Fsp3) is 0.667. The van der Waals surface area contributed by atoms with E-state index in [0.29, 0.717) is 12.6 Å². The molecule has 0 amide bonds. The highest BCUT2D eigenvalue weighted by Gasteiger charge is 1.98. The molecule has 1 unspecified atom stereocenters. The Bertz CT molecular complexity index is 78.6. The molecule has 2 nitrogen and oxygen atoms in total. The summed E-state index contributed by atoms with van der Waals surface area (Å²) in [5.41, 5.74) is 6.36. The highest BCUT2D eigenvalue weighted by atomic mass is 14.9. The number of hydrogen-bond donors (Lipinski definition) is 2. The van der Waals surface area contributed by atoms with Crippen LogP contribution in [0, 0.1) is 0 Å². The van der Waals surface area contributed by atoms with E-state index >= 15 is 0 Å². The van der Waals surface area contributed by atoms with Gasteiger partial charge in [0.25, 0.3) is 0 Å². The lowest BCUT2D eigenvalue weighted by molar-refractivity contribution is 0.682. The van der Waals surface area contributed by atoms with Crippen LogP contribution in [0.5, 0.6) is 0 Å². The molecule has 0 radical (unpaired) electrons. The van der Waals surface area contributed by atoms with E-state index in [0.717, 1.165) is 5.57 Å². The van der Waals surface area contributed by atoms with Crippen LogP contribution in [0.4, 0.5) is 0 Å². The first-order valence-electron chi connectivity index (χ1n) is 2.77. The molecule has 0 heterocycles. The van der Waals surface area contributed by atoms with Crippen molar-refractivity contribution in [3.63, 3.8) is 0 Å². The highest BCUT2D eigenvalue weighted by Crippen LogP contribution is 1.92. The minimum Gasteiger partial charge on any atom is -0.327 e. The van der Waals surface area contributed by atoms with Gasteiger partial charge in [0.05, 0.1) is 0 Å². The van der Waals surface area contributed by atoms with Crippen LogP contribution in [0.2, 0.25) is 0 Å². The van der Waals surface area contributed by atoms with E-state index in [1.807, 2.05) is 14.0 Å². The topological polar surface area (TPSA) is 38.0 Å². The largest absolute Gasteiger partial charge is 0.327 e. The Balaban J connectivity index is 3.46. The van der Waals surface area contributed by atoms with Crippen molar-refractivity contribution in [2.24, 2.45) is 5.73 Å². The number of likely N-dealkylation sites (N-methyl/N-ethyl adjacent to an activating group) is 1. The minimum atomic E-state index is 0.347. The zero-order valence-corrected chi connectivity index (χ0v) is 5.57. The van der Waals surface area contributed by atoms with Gasteiger partial charge >= 0.3 is 0 Å². The first kappa shape index (κ1) is 7.66. The molecule has 0 aromatic rings. The zero-order chi connectivity index (χ0) is 6.57. The monoisotopic (exact) mass is 114 g/mol. The molecule has 0 aromatic heterocycles. The summed E-state index contributed by atoms with van der Waals surface area (Å²) in [6.07, 6.45) is 0. The Morgan fingerprint density at radius 3 is 2.50 bits per heavy atom. The van der Waals surface area contributed by atoms with E-state index in [4.69, 9.17) is 5.73 Å². The first-order valence-corrected chi connectivity index (χ1v) is 2.77. The smallest absolute Gasteiger partial charge is 0.0257 e. The maximum Gasteiger partial charge on any atom is 0.0257 e. The Hall–Kier alpha value is -0.340. The van der Waals surface area contributed by atoms with E-state index in [1.165, 1.54) is 0 Å². The summed E-state index contributed by atoms with van der Waals surface area (Å²) in [7, 11) is 1.89. The maximum atomic E-state index is 5.31. The minimum absolute atomic E-state index is 0.347. The molecule has 0 spiro atoms. The molecule has 0 saturated carbocycles. The van der Waals surface area contributed by atoms with Crippen LogP contribution in [0.15, 0.2) is 12.2 Å². The number of rotatable bonds is 3. The number of hydrogen-bond acceptors (Lipinski definition) is 2. The molecular weight excluding hydrogens is 100 g/mol. The second-order valence-corrected chi connectivity index (χ2v) is 1.87. The van der Waals surface area contributed by atoms with Crippen molar-refractivity contribution in [2.45, 2.75) is 13.0 Å². The first-order chi connectivity index (χ1) is 3.72. The lowest BCUT2D eigenvalue weighted by Gasteiger charge is -2.10. The Labute approximate surface area is 50.8 Å². The maximum absolute atomic E-state index is 5.31. The van der Waals surface area contributed by atoms with Crippen LogP contribution in [0.1, 0.15) is 6.92 Å². The second-order valence-electron chi connectivity index (χ2n) is 1.87. The van der Waals surface area contributed by atoms with Gasteiger partial charge in [-0.15, -0.1) is 0 Å². The predicted octanol–water partition coefficient (Wildman–Crippen LogP) is 0.109. The van der Waals surface area contributed by atoms with E-state index in [9.17, 15) is 0 Å². The summed E-state index contributed by atoms with van der Waals surface area (Å²) in [6.45, 7) is 6.36. The van der Waals surface area contributed by atoms with E-state index in [-0.39, 0.29) is 0 Å². The molecule has 0 aromatic carbocycles. The average Bonchev–Trinajstić information content (AvgIpc) is 1.84. The van der Waals surface area contributed by atoms with Crippen molar-refractivity contribution in [3.8, 4) is 0 Å². The van der Waals surface area contributed by atoms with Gasteiger partial charge in [-0.25, -0.2) is 0 Å². The Morgan fingerprint density at radius 2 is 2.38 bits per heavy atom. The molecule has 0 aliphatic carbocycles. The van der Waals surface area contributed by atoms with Crippen molar-refractivity contribution in [3.05, 3.63) is 12.2 Å². The third kappa shape index (κ3) is 2.09. The van der Waals surface area contributed by atoms with E-state index in [1.54, 1.807) is 0 Å². The summed E-state index contributed by atoms with van der Waals surface area (Å²) in [5, 5.41) is 3.04. The number of nitrogens with one attached hydrogen (secondary N) is 1. The quantitative estimate of drug-likeness (QED) is 0.511. The molecular formula is C6H14N2. The van der Waals surface area contributed by atoms with Gasteiger partial charge in [-0.3, -0.25) is 0 Å². The Kier molecular flexibility index (Phi) is 3.48. The van der Waals surface area contributed by atoms with E-state index < -0.39 is 0 Å². The summed E-state index contributed by atoms with van der Waals surface area (Å²) < 4.78 is 0.